The van der Waals surface area contributed by atoms with Crippen molar-refractivity contribution in [2.75, 3.05) is 18.0 Å². The standard InChI is InChI=1S/C11H15FN2O/c12-9-1-2-11(8(5-9)6-13)14-4-3-10(15)7-14/h1-2,5,10,15H,3-4,6-7,13H2. The van der Waals surface area contributed by atoms with Gasteiger partial charge < -0.3 is 15.7 Å². The van der Waals surface area contributed by atoms with Crippen LogP contribution in [0.4, 0.5) is 10.1 Å². The van der Waals surface area contributed by atoms with Gasteiger partial charge in [-0.25, -0.2) is 4.39 Å². The fourth-order valence-corrected chi connectivity index (χ4v) is 1.99. The number of β-amino-alcohol motifs (C(OH)–C–C–N with tert-alkyl or cyclic N) is 1. The van der Waals surface area contributed by atoms with Crippen molar-refractivity contribution in [1.82, 2.24) is 0 Å². The minimum Gasteiger partial charge on any atom is -0.391 e. The summed E-state index contributed by atoms with van der Waals surface area (Å²) in [6.07, 6.45) is 0.488. The first kappa shape index (κ1) is 10.4. The zero-order valence-electron chi connectivity index (χ0n) is 8.49. The second kappa shape index (κ2) is 4.16. The fourth-order valence-electron chi connectivity index (χ4n) is 1.99. The number of halogens is 1. The summed E-state index contributed by atoms with van der Waals surface area (Å²) in [6.45, 7) is 1.73. The van der Waals surface area contributed by atoms with Gasteiger partial charge in [0.25, 0.3) is 0 Å². The van der Waals surface area contributed by atoms with Gasteiger partial charge in [-0.05, 0) is 30.2 Å². The molecule has 4 heteroatoms. The van der Waals surface area contributed by atoms with Crippen molar-refractivity contribution in [1.29, 1.82) is 0 Å². The Morgan fingerprint density at radius 1 is 1.53 bits per heavy atom. The van der Waals surface area contributed by atoms with Gasteiger partial charge in [0.1, 0.15) is 5.82 Å². The SMILES string of the molecule is NCc1cc(F)ccc1N1CCC(O)C1. The van der Waals surface area contributed by atoms with E-state index >= 15 is 0 Å². The molecule has 0 aromatic heterocycles. The van der Waals surface area contributed by atoms with Gasteiger partial charge in [0.2, 0.25) is 0 Å². The Morgan fingerprint density at radius 3 is 2.93 bits per heavy atom. The highest BCUT2D eigenvalue weighted by molar-refractivity contribution is 5.54. The summed E-state index contributed by atoms with van der Waals surface area (Å²) in [4.78, 5) is 2.05. The molecule has 1 aliphatic rings. The number of anilines is 1. The minimum atomic E-state index is -0.277. The molecule has 82 valence electrons. The van der Waals surface area contributed by atoms with Gasteiger partial charge in [0, 0.05) is 25.3 Å². The highest BCUT2D eigenvalue weighted by Crippen LogP contribution is 2.25. The maximum atomic E-state index is 13.0. The fraction of sp³-hybridized carbons (Fsp3) is 0.455. The second-order valence-corrected chi connectivity index (χ2v) is 3.87. The molecule has 1 atom stereocenters. The lowest BCUT2D eigenvalue weighted by Crippen LogP contribution is -2.23. The molecule has 0 spiro atoms. The molecular formula is C11H15FN2O. The Kier molecular flexibility index (Phi) is 2.88. The Labute approximate surface area is 88.3 Å². The van der Waals surface area contributed by atoms with Crippen molar-refractivity contribution >= 4 is 5.69 Å². The monoisotopic (exact) mass is 210 g/mol. The molecule has 0 aliphatic carbocycles. The predicted molar refractivity (Wildman–Crippen MR) is 57.1 cm³/mol. The van der Waals surface area contributed by atoms with E-state index in [-0.39, 0.29) is 11.9 Å². The van der Waals surface area contributed by atoms with Crippen LogP contribution in [0.25, 0.3) is 0 Å². The summed E-state index contributed by atoms with van der Waals surface area (Å²) in [5.41, 5.74) is 7.30. The van der Waals surface area contributed by atoms with Crippen LogP contribution in [0.3, 0.4) is 0 Å². The van der Waals surface area contributed by atoms with E-state index in [2.05, 4.69) is 0 Å². The third-order valence-electron chi connectivity index (χ3n) is 2.77. The van der Waals surface area contributed by atoms with Crippen LogP contribution in [0.1, 0.15) is 12.0 Å². The first-order chi connectivity index (χ1) is 7.20. The highest BCUT2D eigenvalue weighted by atomic mass is 19.1. The molecule has 3 nitrogen and oxygen atoms in total. The van der Waals surface area contributed by atoms with Gasteiger partial charge in [-0.1, -0.05) is 0 Å². The highest BCUT2D eigenvalue weighted by Gasteiger charge is 2.21. The van der Waals surface area contributed by atoms with E-state index < -0.39 is 0 Å². The van der Waals surface area contributed by atoms with Gasteiger partial charge >= 0.3 is 0 Å². The van der Waals surface area contributed by atoms with Crippen LogP contribution < -0.4 is 10.6 Å². The maximum Gasteiger partial charge on any atom is 0.123 e. The predicted octanol–water partition coefficient (Wildman–Crippen LogP) is 0.855. The Morgan fingerprint density at radius 2 is 2.33 bits per heavy atom. The zero-order chi connectivity index (χ0) is 10.8. The van der Waals surface area contributed by atoms with E-state index in [1.54, 1.807) is 6.07 Å². The molecule has 2 rings (SSSR count). The van der Waals surface area contributed by atoms with Gasteiger partial charge in [-0.15, -0.1) is 0 Å². The average Bonchev–Trinajstić information content (AvgIpc) is 2.64. The number of hydrogen-bond donors (Lipinski definition) is 2. The summed E-state index contributed by atoms with van der Waals surface area (Å²) < 4.78 is 13.0. The lowest BCUT2D eigenvalue weighted by Gasteiger charge is -2.21. The van der Waals surface area contributed by atoms with Crippen molar-refractivity contribution in [2.45, 2.75) is 19.1 Å². The minimum absolute atomic E-state index is 0.265. The lowest BCUT2D eigenvalue weighted by molar-refractivity contribution is 0.198. The first-order valence-corrected chi connectivity index (χ1v) is 5.12. The molecule has 1 fully saturated rings. The number of rotatable bonds is 2. The Bertz CT molecular complexity index is 356. The van der Waals surface area contributed by atoms with E-state index in [1.165, 1.54) is 12.1 Å². The Balaban J connectivity index is 2.27. The number of aliphatic hydroxyl groups is 1. The van der Waals surface area contributed by atoms with Crippen LogP contribution >= 0.6 is 0 Å². The van der Waals surface area contributed by atoms with E-state index in [0.717, 1.165) is 24.2 Å². The van der Waals surface area contributed by atoms with Crippen LogP contribution in [0.15, 0.2) is 18.2 Å². The normalized spacial score (nSPS) is 21.0. The van der Waals surface area contributed by atoms with E-state index in [9.17, 15) is 9.50 Å². The van der Waals surface area contributed by atoms with Gasteiger partial charge in [-0.3, -0.25) is 0 Å². The van der Waals surface area contributed by atoms with E-state index in [1.807, 2.05) is 4.90 Å². The van der Waals surface area contributed by atoms with Crippen LogP contribution in [-0.2, 0) is 6.54 Å². The van der Waals surface area contributed by atoms with Gasteiger partial charge in [0.05, 0.1) is 6.10 Å². The quantitative estimate of drug-likeness (QED) is 0.761. The van der Waals surface area contributed by atoms with Crippen molar-refractivity contribution in [3.63, 3.8) is 0 Å². The molecule has 0 amide bonds. The number of benzene rings is 1. The molecule has 1 aromatic carbocycles. The molecule has 0 radical (unpaired) electrons. The molecule has 0 saturated carbocycles. The average molecular weight is 210 g/mol. The maximum absolute atomic E-state index is 13.0. The van der Waals surface area contributed by atoms with Crippen molar-refractivity contribution in [3.05, 3.63) is 29.6 Å². The van der Waals surface area contributed by atoms with E-state index in [4.69, 9.17) is 5.73 Å². The number of nitrogens with two attached hydrogens (primary N) is 1. The summed E-state index contributed by atoms with van der Waals surface area (Å²) >= 11 is 0. The molecule has 15 heavy (non-hydrogen) atoms. The van der Waals surface area contributed by atoms with Gasteiger partial charge in [0.15, 0.2) is 0 Å². The Hall–Kier alpha value is -1.13. The molecule has 3 N–H and O–H groups in total. The molecular weight excluding hydrogens is 195 g/mol. The van der Waals surface area contributed by atoms with Crippen molar-refractivity contribution in [2.24, 2.45) is 5.73 Å². The number of nitrogens with zero attached hydrogens (tertiary/aromatic N) is 1. The first-order valence-electron chi connectivity index (χ1n) is 5.12. The number of hydrogen-bond acceptors (Lipinski definition) is 3. The van der Waals surface area contributed by atoms with Crippen LogP contribution in [0.2, 0.25) is 0 Å². The molecule has 0 bridgehead atoms. The van der Waals surface area contributed by atoms with Crippen molar-refractivity contribution < 1.29 is 9.50 Å². The molecule has 1 saturated heterocycles. The topological polar surface area (TPSA) is 49.5 Å². The third kappa shape index (κ3) is 2.11. The summed E-state index contributed by atoms with van der Waals surface area (Å²) in [7, 11) is 0. The third-order valence-corrected chi connectivity index (χ3v) is 2.77. The smallest absolute Gasteiger partial charge is 0.123 e. The van der Waals surface area contributed by atoms with Crippen LogP contribution in [0.5, 0.6) is 0 Å². The number of aliphatic hydroxyl groups excluding tert-OH is 1. The second-order valence-electron chi connectivity index (χ2n) is 3.87. The molecule has 1 unspecified atom stereocenters. The lowest BCUT2D eigenvalue weighted by atomic mass is 10.1. The van der Waals surface area contributed by atoms with Crippen LogP contribution in [-0.4, -0.2) is 24.3 Å². The van der Waals surface area contributed by atoms with E-state index in [0.29, 0.717) is 13.1 Å². The largest absolute Gasteiger partial charge is 0.391 e. The molecule has 1 aromatic rings. The molecule has 1 heterocycles. The van der Waals surface area contributed by atoms with Gasteiger partial charge in [-0.2, -0.15) is 0 Å². The van der Waals surface area contributed by atoms with Crippen molar-refractivity contribution in [3.8, 4) is 0 Å². The summed E-state index contributed by atoms with van der Waals surface area (Å²) in [6, 6.07) is 4.62. The summed E-state index contributed by atoms with van der Waals surface area (Å²) in [5, 5.41) is 9.43. The summed E-state index contributed by atoms with van der Waals surface area (Å²) in [5.74, 6) is -0.265. The van der Waals surface area contributed by atoms with Crippen LogP contribution in [0, 0.1) is 5.82 Å². The zero-order valence-corrected chi connectivity index (χ0v) is 8.49. The molecule has 1 aliphatic heterocycles.